The Kier molecular flexibility index (Phi) is 8.57. The molecule has 154 valence electrons. The number of aromatic carboxylic acids is 1. The number of aliphatic imine (C=N–C) groups is 1. The van der Waals surface area contributed by atoms with Gasteiger partial charge in [-0.3, -0.25) is 4.99 Å². The van der Waals surface area contributed by atoms with Crippen LogP contribution in [0.2, 0.25) is 0 Å². The molecular weight excluding hydrogens is 372 g/mol. The fourth-order valence-corrected chi connectivity index (χ4v) is 2.73. The molecule has 0 spiro atoms. The number of hydrogen-bond donors (Lipinski definition) is 2. The molecule has 30 heavy (non-hydrogen) atoms. The standard InChI is InChI=1S/C26H28N2O2/c1-5-21(13-12-19(2)3)24(18-20-10-8-6-7-9-11-20)28-25(27-4)22-14-16-23(17-15-22)26(29)30/h5-6,8-18H,1,7H2,2-4H3,(H,27,28)(H,29,30)/b21-13+,24-18+. The summed E-state index contributed by atoms with van der Waals surface area (Å²) in [4.78, 5) is 15.5. The number of nitrogens with zero attached hydrogens (tertiary/aromatic N) is 1. The van der Waals surface area contributed by atoms with Crippen LogP contribution in [0, 0.1) is 0 Å². The molecule has 2 N–H and O–H groups in total. The van der Waals surface area contributed by atoms with Crippen LogP contribution in [-0.4, -0.2) is 24.0 Å². The number of carboxylic acids is 1. The fourth-order valence-electron chi connectivity index (χ4n) is 2.73. The van der Waals surface area contributed by atoms with Crippen LogP contribution < -0.4 is 5.32 Å². The van der Waals surface area contributed by atoms with Gasteiger partial charge in [-0.05, 0) is 49.6 Å². The summed E-state index contributed by atoms with van der Waals surface area (Å²) in [7, 11) is 1.70. The van der Waals surface area contributed by atoms with Gasteiger partial charge in [0.1, 0.15) is 5.84 Å². The number of allylic oxidation sites excluding steroid dienone is 11. The van der Waals surface area contributed by atoms with Crippen molar-refractivity contribution in [2.75, 3.05) is 7.05 Å². The SMILES string of the molecule is C=CC(=C\C=C(C)C)/C(=C\C1=CC=CCC=C1)NC(=NC)c1ccc(C(=O)O)cc1. The Morgan fingerprint density at radius 1 is 1.13 bits per heavy atom. The molecular formula is C26H28N2O2. The first-order valence-electron chi connectivity index (χ1n) is 9.75. The minimum absolute atomic E-state index is 0.237. The molecule has 0 unspecified atom stereocenters. The Morgan fingerprint density at radius 3 is 2.43 bits per heavy atom. The van der Waals surface area contributed by atoms with Gasteiger partial charge < -0.3 is 10.4 Å². The molecule has 1 aliphatic rings. The Labute approximate surface area is 178 Å². The van der Waals surface area contributed by atoms with Crippen molar-refractivity contribution >= 4 is 11.8 Å². The predicted octanol–water partition coefficient (Wildman–Crippen LogP) is 5.76. The highest BCUT2D eigenvalue weighted by Crippen LogP contribution is 2.17. The molecule has 0 fully saturated rings. The Hall–Kier alpha value is -3.66. The summed E-state index contributed by atoms with van der Waals surface area (Å²) in [5.74, 6) is -0.319. The number of carbonyl (C=O) groups is 1. The molecule has 0 saturated heterocycles. The molecule has 0 atom stereocenters. The number of carboxylic acid groups (broad SMARTS) is 1. The van der Waals surface area contributed by atoms with Crippen molar-refractivity contribution in [3.05, 3.63) is 119 Å². The van der Waals surface area contributed by atoms with E-state index >= 15 is 0 Å². The maximum atomic E-state index is 11.1. The number of amidine groups is 1. The molecule has 1 aromatic carbocycles. The molecule has 0 aromatic heterocycles. The zero-order valence-corrected chi connectivity index (χ0v) is 17.7. The second-order valence-corrected chi connectivity index (χ2v) is 6.94. The third-order valence-electron chi connectivity index (χ3n) is 4.33. The molecule has 4 nitrogen and oxygen atoms in total. The summed E-state index contributed by atoms with van der Waals surface area (Å²) in [6.45, 7) is 8.05. The summed E-state index contributed by atoms with van der Waals surface area (Å²) in [5, 5.41) is 12.5. The van der Waals surface area contributed by atoms with Crippen LogP contribution >= 0.6 is 0 Å². The van der Waals surface area contributed by atoms with Crippen LogP contribution in [0.25, 0.3) is 0 Å². The van der Waals surface area contributed by atoms with Crippen molar-refractivity contribution in [1.82, 2.24) is 5.32 Å². The van der Waals surface area contributed by atoms with E-state index in [1.165, 1.54) is 5.57 Å². The average molecular weight is 401 g/mol. The first kappa shape index (κ1) is 22.6. The lowest BCUT2D eigenvalue weighted by Crippen LogP contribution is -2.25. The average Bonchev–Trinajstić information content (AvgIpc) is 3.00. The normalized spacial score (nSPS) is 14.6. The monoisotopic (exact) mass is 400 g/mol. The van der Waals surface area contributed by atoms with E-state index in [-0.39, 0.29) is 5.56 Å². The minimum Gasteiger partial charge on any atom is -0.478 e. The maximum Gasteiger partial charge on any atom is 0.335 e. The van der Waals surface area contributed by atoms with Gasteiger partial charge in [-0.2, -0.15) is 0 Å². The van der Waals surface area contributed by atoms with Gasteiger partial charge in [-0.25, -0.2) is 4.79 Å². The number of nitrogens with one attached hydrogen (secondary N) is 1. The second kappa shape index (κ2) is 11.4. The van der Waals surface area contributed by atoms with E-state index in [4.69, 9.17) is 5.11 Å². The minimum atomic E-state index is -0.955. The molecule has 0 amide bonds. The van der Waals surface area contributed by atoms with E-state index in [9.17, 15) is 4.79 Å². The summed E-state index contributed by atoms with van der Waals surface area (Å²) < 4.78 is 0. The highest BCUT2D eigenvalue weighted by Gasteiger charge is 2.10. The van der Waals surface area contributed by atoms with E-state index < -0.39 is 5.97 Å². The summed E-state index contributed by atoms with van der Waals surface area (Å²) in [6, 6.07) is 6.64. The quantitative estimate of drug-likeness (QED) is 0.348. The van der Waals surface area contributed by atoms with Gasteiger partial charge in [0.25, 0.3) is 0 Å². The smallest absolute Gasteiger partial charge is 0.335 e. The molecule has 0 heterocycles. The second-order valence-electron chi connectivity index (χ2n) is 6.94. The van der Waals surface area contributed by atoms with Crippen LogP contribution in [0.3, 0.4) is 0 Å². The van der Waals surface area contributed by atoms with Crippen LogP contribution in [-0.2, 0) is 0 Å². The first-order chi connectivity index (χ1) is 14.4. The molecule has 0 bridgehead atoms. The van der Waals surface area contributed by atoms with Gasteiger partial charge in [0.2, 0.25) is 0 Å². The molecule has 1 aliphatic carbocycles. The Balaban J connectivity index is 2.47. The van der Waals surface area contributed by atoms with Crippen LogP contribution in [0.15, 0.2) is 113 Å². The van der Waals surface area contributed by atoms with Crippen molar-refractivity contribution in [3.63, 3.8) is 0 Å². The summed E-state index contributed by atoms with van der Waals surface area (Å²) in [5.41, 5.74) is 5.02. The van der Waals surface area contributed by atoms with E-state index in [1.54, 1.807) is 37.4 Å². The van der Waals surface area contributed by atoms with Crippen molar-refractivity contribution in [3.8, 4) is 0 Å². The van der Waals surface area contributed by atoms with Crippen molar-refractivity contribution < 1.29 is 9.90 Å². The maximum absolute atomic E-state index is 11.1. The summed E-state index contributed by atoms with van der Waals surface area (Å²) >= 11 is 0. The van der Waals surface area contributed by atoms with Gasteiger partial charge in [-0.1, -0.05) is 72.9 Å². The van der Waals surface area contributed by atoms with Crippen LogP contribution in [0.1, 0.15) is 36.2 Å². The fraction of sp³-hybridized carbons (Fsp3) is 0.154. The number of rotatable bonds is 7. The summed E-state index contributed by atoms with van der Waals surface area (Å²) in [6.07, 6.45) is 19.2. The van der Waals surface area contributed by atoms with Crippen molar-refractivity contribution in [2.24, 2.45) is 4.99 Å². The molecule has 0 aliphatic heterocycles. The van der Waals surface area contributed by atoms with Gasteiger partial charge >= 0.3 is 5.97 Å². The third-order valence-corrected chi connectivity index (χ3v) is 4.33. The largest absolute Gasteiger partial charge is 0.478 e. The Morgan fingerprint density at radius 2 is 1.83 bits per heavy atom. The molecule has 2 rings (SSSR count). The number of benzene rings is 1. The van der Waals surface area contributed by atoms with Crippen molar-refractivity contribution in [1.29, 1.82) is 0 Å². The molecule has 0 saturated carbocycles. The molecule has 4 heteroatoms. The van der Waals surface area contributed by atoms with Crippen LogP contribution in [0.4, 0.5) is 0 Å². The van der Waals surface area contributed by atoms with E-state index in [0.717, 1.165) is 28.8 Å². The van der Waals surface area contributed by atoms with Gasteiger partial charge in [0.15, 0.2) is 0 Å². The van der Waals surface area contributed by atoms with E-state index in [1.807, 2.05) is 32.1 Å². The zero-order valence-electron chi connectivity index (χ0n) is 17.7. The Bertz CT molecular complexity index is 994. The lowest BCUT2D eigenvalue weighted by Gasteiger charge is -2.15. The molecule has 0 radical (unpaired) electrons. The lowest BCUT2D eigenvalue weighted by atomic mass is 10.1. The lowest BCUT2D eigenvalue weighted by molar-refractivity contribution is 0.0697. The van der Waals surface area contributed by atoms with Crippen molar-refractivity contribution in [2.45, 2.75) is 20.3 Å². The third kappa shape index (κ3) is 6.74. The first-order valence-corrected chi connectivity index (χ1v) is 9.75. The topological polar surface area (TPSA) is 61.7 Å². The van der Waals surface area contributed by atoms with Crippen LogP contribution in [0.5, 0.6) is 0 Å². The van der Waals surface area contributed by atoms with Gasteiger partial charge in [-0.15, -0.1) is 0 Å². The predicted molar refractivity (Wildman–Crippen MR) is 126 cm³/mol. The zero-order chi connectivity index (χ0) is 21.9. The van der Waals surface area contributed by atoms with Gasteiger partial charge in [0, 0.05) is 18.3 Å². The van der Waals surface area contributed by atoms with Gasteiger partial charge in [0.05, 0.1) is 5.56 Å². The van der Waals surface area contributed by atoms with E-state index in [0.29, 0.717) is 5.84 Å². The highest BCUT2D eigenvalue weighted by atomic mass is 16.4. The number of hydrogen-bond acceptors (Lipinski definition) is 2. The molecule has 1 aromatic rings. The van der Waals surface area contributed by atoms with E-state index in [2.05, 4.69) is 47.3 Å². The highest BCUT2D eigenvalue weighted by molar-refractivity contribution is 6.01.